The Morgan fingerprint density at radius 3 is 2.35 bits per heavy atom. The number of carboxylic acid groups (broad SMARTS) is 1. The van der Waals surface area contributed by atoms with Gasteiger partial charge in [0.2, 0.25) is 11.8 Å². The lowest BCUT2D eigenvalue weighted by atomic mass is 10.1. The maximum atomic E-state index is 11.4. The Labute approximate surface area is 120 Å². The van der Waals surface area contributed by atoms with Gasteiger partial charge >= 0.3 is 5.97 Å². The molecule has 0 unspecified atom stereocenters. The number of thioether (sulfide) groups is 1. The normalized spacial score (nSPS) is 9.85. The Morgan fingerprint density at radius 2 is 1.80 bits per heavy atom. The van der Waals surface area contributed by atoms with Crippen LogP contribution in [0.5, 0.6) is 0 Å². The summed E-state index contributed by atoms with van der Waals surface area (Å²) in [6.45, 7) is -0.387. The zero-order valence-corrected chi connectivity index (χ0v) is 11.8. The summed E-state index contributed by atoms with van der Waals surface area (Å²) in [6.07, 6.45) is 1.95. The number of amides is 2. The highest BCUT2D eigenvalue weighted by Crippen LogP contribution is 2.10. The van der Waals surface area contributed by atoms with E-state index in [1.54, 1.807) is 24.3 Å². The predicted molar refractivity (Wildman–Crippen MR) is 77.8 cm³/mol. The van der Waals surface area contributed by atoms with Gasteiger partial charge in [0.25, 0.3) is 0 Å². The summed E-state index contributed by atoms with van der Waals surface area (Å²) in [6, 6.07) is 6.85. The van der Waals surface area contributed by atoms with Gasteiger partial charge in [0, 0.05) is 5.69 Å². The van der Waals surface area contributed by atoms with Crippen LogP contribution in [0, 0.1) is 0 Å². The molecule has 7 heteroatoms. The van der Waals surface area contributed by atoms with Crippen molar-refractivity contribution >= 4 is 35.2 Å². The molecule has 0 spiro atoms. The summed E-state index contributed by atoms with van der Waals surface area (Å²) in [7, 11) is 0. The third-order valence-electron chi connectivity index (χ3n) is 2.31. The van der Waals surface area contributed by atoms with Crippen LogP contribution >= 0.6 is 11.8 Å². The summed E-state index contributed by atoms with van der Waals surface area (Å²) in [4.78, 5) is 33.1. The Morgan fingerprint density at radius 1 is 1.15 bits per heavy atom. The van der Waals surface area contributed by atoms with E-state index in [4.69, 9.17) is 5.11 Å². The zero-order valence-electron chi connectivity index (χ0n) is 11.0. The van der Waals surface area contributed by atoms with Gasteiger partial charge in [0.05, 0.1) is 12.2 Å². The smallest absolute Gasteiger partial charge is 0.322 e. The second-order valence-corrected chi connectivity index (χ2v) is 4.89. The molecule has 0 radical (unpaired) electrons. The molecule has 0 heterocycles. The lowest BCUT2D eigenvalue weighted by Gasteiger charge is -2.06. The number of benzene rings is 1. The molecule has 1 aromatic rings. The van der Waals surface area contributed by atoms with Gasteiger partial charge in [-0.05, 0) is 24.0 Å². The van der Waals surface area contributed by atoms with Crippen LogP contribution in [-0.4, -0.2) is 41.4 Å². The first-order valence-electron chi connectivity index (χ1n) is 5.87. The fraction of sp³-hybridized carbons (Fsp3) is 0.308. The Bertz CT molecular complexity index is 488. The minimum atomic E-state index is -1.08. The van der Waals surface area contributed by atoms with Crippen LogP contribution in [0.3, 0.4) is 0 Å². The van der Waals surface area contributed by atoms with Gasteiger partial charge in [-0.1, -0.05) is 12.1 Å². The van der Waals surface area contributed by atoms with E-state index < -0.39 is 5.97 Å². The van der Waals surface area contributed by atoms with E-state index in [1.807, 2.05) is 6.26 Å². The molecule has 0 aliphatic carbocycles. The van der Waals surface area contributed by atoms with Crippen LogP contribution in [0.2, 0.25) is 0 Å². The van der Waals surface area contributed by atoms with Crippen LogP contribution in [-0.2, 0) is 20.8 Å². The van der Waals surface area contributed by atoms with Crippen molar-refractivity contribution in [2.24, 2.45) is 0 Å². The van der Waals surface area contributed by atoms with Crippen LogP contribution in [0.4, 0.5) is 5.69 Å². The van der Waals surface area contributed by atoms with E-state index in [1.165, 1.54) is 11.8 Å². The fourth-order valence-electron chi connectivity index (χ4n) is 1.46. The maximum Gasteiger partial charge on any atom is 0.322 e. The number of anilines is 1. The molecule has 108 valence electrons. The van der Waals surface area contributed by atoms with E-state index in [9.17, 15) is 14.4 Å². The molecule has 0 aliphatic heterocycles. The van der Waals surface area contributed by atoms with Crippen molar-refractivity contribution in [1.82, 2.24) is 5.32 Å². The minimum Gasteiger partial charge on any atom is -0.480 e. The molecule has 0 saturated heterocycles. The van der Waals surface area contributed by atoms with Crippen molar-refractivity contribution in [3.8, 4) is 0 Å². The largest absolute Gasteiger partial charge is 0.480 e. The van der Waals surface area contributed by atoms with Crippen LogP contribution in [0.25, 0.3) is 0 Å². The molecule has 0 fully saturated rings. The molecule has 1 rings (SSSR count). The molecule has 2 amide bonds. The Kier molecular flexibility index (Phi) is 6.58. The van der Waals surface area contributed by atoms with E-state index in [2.05, 4.69) is 10.6 Å². The number of nitrogens with one attached hydrogen (secondary N) is 2. The van der Waals surface area contributed by atoms with Gasteiger partial charge in [0.15, 0.2) is 0 Å². The highest BCUT2D eigenvalue weighted by Gasteiger charge is 2.06. The first-order valence-corrected chi connectivity index (χ1v) is 7.27. The first-order chi connectivity index (χ1) is 9.51. The Balaban J connectivity index is 2.47. The highest BCUT2D eigenvalue weighted by molar-refractivity contribution is 7.99. The van der Waals surface area contributed by atoms with E-state index in [0.29, 0.717) is 11.4 Å². The van der Waals surface area contributed by atoms with Gasteiger partial charge in [-0.2, -0.15) is 11.8 Å². The Hall–Kier alpha value is -2.02. The number of carbonyl (C=O) groups excluding carboxylic acids is 2. The monoisotopic (exact) mass is 296 g/mol. The maximum absolute atomic E-state index is 11.4. The van der Waals surface area contributed by atoms with Crippen molar-refractivity contribution in [3.63, 3.8) is 0 Å². The third-order valence-corrected chi connectivity index (χ3v) is 2.87. The molecule has 0 aromatic heterocycles. The second-order valence-electron chi connectivity index (χ2n) is 4.03. The standard InChI is InChI=1S/C13H16N2O4S/c1-20-8-12(17)15-10-4-2-9(3-5-10)6-11(16)14-7-13(18)19/h2-5H,6-8H2,1H3,(H,14,16)(H,15,17)(H,18,19). The van der Waals surface area contributed by atoms with Crippen molar-refractivity contribution in [2.75, 3.05) is 23.9 Å². The van der Waals surface area contributed by atoms with Crippen LogP contribution in [0.15, 0.2) is 24.3 Å². The average molecular weight is 296 g/mol. The highest BCUT2D eigenvalue weighted by atomic mass is 32.2. The number of aliphatic carboxylic acids is 1. The SMILES string of the molecule is CSCC(=O)Nc1ccc(CC(=O)NCC(=O)O)cc1. The summed E-state index contributed by atoms with van der Waals surface area (Å²) in [5.41, 5.74) is 1.41. The number of hydrogen-bond acceptors (Lipinski definition) is 4. The first kappa shape index (κ1) is 16.0. The lowest BCUT2D eigenvalue weighted by Crippen LogP contribution is -2.30. The predicted octanol–water partition coefficient (Wildman–Crippen LogP) is 0.731. The summed E-state index contributed by atoms with van der Waals surface area (Å²) in [5, 5.41) is 13.4. The molecule has 20 heavy (non-hydrogen) atoms. The van der Waals surface area contributed by atoms with E-state index >= 15 is 0 Å². The number of rotatable bonds is 7. The fourth-order valence-corrected chi connectivity index (χ4v) is 1.79. The molecular formula is C13H16N2O4S. The molecule has 0 atom stereocenters. The van der Waals surface area contributed by atoms with Gasteiger partial charge in [-0.3, -0.25) is 14.4 Å². The van der Waals surface area contributed by atoms with E-state index in [-0.39, 0.29) is 24.8 Å². The molecule has 1 aromatic carbocycles. The van der Waals surface area contributed by atoms with E-state index in [0.717, 1.165) is 5.56 Å². The van der Waals surface area contributed by atoms with Crippen molar-refractivity contribution in [2.45, 2.75) is 6.42 Å². The molecule has 0 aliphatic rings. The lowest BCUT2D eigenvalue weighted by molar-refractivity contribution is -0.137. The van der Waals surface area contributed by atoms with Crippen molar-refractivity contribution < 1.29 is 19.5 Å². The molecule has 0 bridgehead atoms. The van der Waals surface area contributed by atoms with Gasteiger partial charge in [-0.25, -0.2) is 0 Å². The quantitative estimate of drug-likeness (QED) is 0.689. The number of carbonyl (C=O) groups is 3. The van der Waals surface area contributed by atoms with Crippen molar-refractivity contribution in [1.29, 1.82) is 0 Å². The number of carboxylic acids is 1. The minimum absolute atomic E-state index is 0.0792. The summed E-state index contributed by atoms with van der Waals surface area (Å²) >= 11 is 1.44. The van der Waals surface area contributed by atoms with Gasteiger partial charge in [0.1, 0.15) is 6.54 Å². The van der Waals surface area contributed by atoms with Gasteiger partial charge in [-0.15, -0.1) is 0 Å². The third kappa shape index (κ3) is 6.24. The molecule has 3 N–H and O–H groups in total. The average Bonchev–Trinajstić information content (AvgIpc) is 2.39. The molecule has 6 nitrogen and oxygen atoms in total. The zero-order chi connectivity index (χ0) is 15.0. The van der Waals surface area contributed by atoms with Gasteiger partial charge < -0.3 is 15.7 Å². The van der Waals surface area contributed by atoms with Crippen molar-refractivity contribution in [3.05, 3.63) is 29.8 Å². The topological polar surface area (TPSA) is 95.5 Å². The molecule has 0 saturated carbocycles. The second kappa shape index (κ2) is 8.21. The summed E-state index contributed by atoms with van der Waals surface area (Å²) < 4.78 is 0. The van der Waals surface area contributed by atoms with Crippen LogP contribution < -0.4 is 10.6 Å². The molecular weight excluding hydrogens is 280 g/mol. The summed E-state index contributed by atoms with van der Waals surface area (Å²) in [5.74, 6) is -1.12. The van der Waals surface area contributed by atoms with Crippen LogP contribution in [0.1, 0.15) is 5.56 Å². The number of hydrogen-bond donors (Lipinski definition) is 3.